The number of ether oxygens (including phenoxy) is 1. The van der Waals surface area contributed by atoms with E-state index in [1.54, 1.807) is 0 Å². The number of halogens is 7. The minimum Gasteiger partial charge on any atom is -0.466 e. The minimum absolute atomic E-state index is 0.216. The van der Waals surface area contributed by atoms with Crippen LogP contribution in [0.2, 0.25) is 0 Å². The summed E-state index contributed by atoms with van der Waals surface area (Å²) in [7, 11) is 0.216. The molecule has 0 heterocycles. The molecule has 2 nitrogen and oxygen atoms in total. The summed E-state index contributed by atoms with van der Waals surface area (Å²) in [6.07, 6.45) is -12.8. The molecule has 0 spiro atoms. The molecule has 0 rings (SSSR count). The molecule has 0 atom stereocenters. The van der Waals surface area contributed by atoms with Crippen LogP contribution in [0.1, 0.15) is 0 Å². The average Bonchev–Trinajstić information content (AvgIpc) is 1.97. The van der Waals surface area contributed by atoms with Crippen LogP contribution in [-0.4, -0.2) is 31.1 Å². The van der Waals surface area contributed by atoms with Crippen LogP contribution in [0.15, 0.2) is 0 Å². The lowest BCUT2D eigenvalue weighted by atomic mass is 10.1. The smallest absolute Gasteiger partial charge is 0.442 e. The highest BCUT2D eigenvalue weighted by Gasteiger charge is 2.78. The van der Waals surface area contributed by atoms with Crippen molar-refractivity contribution in [2.24, 2.45) is 0 Å². The van der Waals surface area contributed by atoms with E-state index in [2.05, 4.69) is 4.74 Å². The molecule has 0 unspecified atom stereocenters. The molecule has 9 heteroatoms. The zero-order valence-electron chi connectivity index (χ0n) is 6.46. The Hall–Kier alpha value is -1.02. The van der Waals surface area contributed by atoms with Crippen molar-refractivity contribution in [2.45, 2.75) is 18.0 Å². The van der Waals surface area contributed by atoms with Crippen LogP contribution >= 0.6 is 0 Å². The maximum Gasteiger partial charge on any atom is 0.442 e. The molecule has 0 aliphatic carbocycles. The van der Waals surface area contributed by atoms with Crippen LogP contribution in [0.4, 0.5) is 30.7 Å². The summed E-state index contributed by atoms with van der Waals surface area (Å²) < 4.78 is 85.4. The molecule has 0 N–H and O–H groups in total. The fraction of sp³-hybridized carbons (Fsp3) is 0.800. The van der Waals surface area contributed by atoms with Crippen LogP contribution in [0.25, 0.3) is 0 Å². The lowest BCUT2D eigenvalue weighted by molar-refractivity contribution is -0.332. The maximum absolute atomic E-state index is 12.5. The SMILES string of the molecule is COC(=O)C(F)(C(F)(F)F)C(F)(F)F. The molecule has 84 valence electrons. The van der Waals surface area contributed by atoms with Gasteiger partial charge in [0.2, 0.25) is 0 Å². The second-order valence-corrected chi connectivity index (χ2v) is 2.15. The summed E-state index contributed by atoms with van der Waals surface area (Å²) in [6.45, 7) is 0. The number of rotatable bonds is 1. The van der Waals surface area contributed by atoms with Gasteiger partial charge in [0.15, 0.2) is 0 Å². The second-order valence-electron chi connectivity index (χ2n) is 2.15. The monoisotopic (exact) mass is 228 g/mol. The number of hydrogen-bond acceptors (Lipinski definition) is 2. The van der Waals surface area contributed by atoms with Crippen LogP contribution in [0.5, 0.6) is 0 Å². The lowest BCUT2D eigenvalue weighted by Crippen LogP contribution is -2.59. The quantitative estimate of drug-likeness (QED) is 0.506. The van der Waals surface area contributed by atoms with E-state index >= 15 is 0 Å². The largest absolute Gasteiger partial charge is 0.466 e. The van der Waals surface area contributed by atoms with Crippen molar-refractivity contribution < 1.29 is 40.3 Å². The van der Waals surface area contributed by atoms with Crippen molar-refractivity contribution in [2.75, 3.05) is 7.11 Å². The van der Waals surface area contributed by atoms with Crippen molar-refractivity contribution in [1.82, 2.24) is 0 Å². The van der Waals surface area contributed by atoms with E-state index in [9.17, 15) is 35.5 Å². The fourth-order valence-corrected chi connectivity index (χ4v) is 0.533. The Morgan fingerprint density at radius 1 is 0.929 bits per heavy atom. The van der Waals surface area contributed by atoms with Gasteiger partial charge in [0.1, 0.15) is 0 Å². The summed E-state index contributed by atoms with van der Waals surface area (Å²) in [5.74, 6) is -3.04. The molecule has 14 heavy (non-hydrogen) atoms. The lowest BCUT2D eigenvalue weighted by Gasteiger charge is -2.26. The van der Waals surface area contributed by atoms with Gasteiger partial charge in [-0.05, 0) is 0 Å². The van der Waals surface area contributed by atoms with Gasteiger partial charge >= 0.3 is 24.0 Å². The van der Waals surface area contributed by atoms with Crippen molar-refractivity contribution in [1.29, 1.82) is 0 Å². The fourth-order valence-electron chi connectivity index (χ4n) is 0.533. The van der Waals surface area contributed by atoms with Gasteiger partial charge < -0.3 is 4.74 Å². The van der Waals surface area contributed by atoms with Crippen LogP contribution < -0.4 is 0 Å². The number of esters is 1. The van der Waals surface area contributed by atoms with E-state index in [1.165, 1.54) is 0 Å². The Balaban J connectivity index is 5.40. The zero-order valence-corrected chi connectivity index (χ0v) is 6.46. The predicted molar refractivity (Wildman–Crippen MR) is 28.0 cm³/mol. The van der Waals surface area contributed by atoms with Crippen LogP contribution in [0, 0.1) is 0 Å². The Kier molecular flexibility index (Phi) is 3.04. The van der Waals surface area contributed by atoms with E-state index in [1.807, 2.05) is 0 Å². The normalized spacial score (nSPS) is 14.0. The summed E-state index contributed by atoms with van der Waals surface area (Å²) >= 11 is 0. The maximum atomic E-state index is 12.5. The standard InChI is InChI=1S/C5H3F7O2/c1-14-2(13)3(6,4(7,8)9)5(10,11)12/h1H3. The third-order valence-electron chi connectivity index (χ3n) is 1.25. The van der Waals surface area contributed by atoms with E-state index in [4.69, 9.17) is 0 Å². The molecule has 0 aromatic rings. The number of carbonyl (C=O) groups excluding carboxylic acids is 1. The summed E-state index contributed by atoms with van der Waals surface area (Å²) in [4.78, 5) is 10.1. The topological polar surface area (TPSA) is 26.3 Å². The Labute approximate surface area is 72.6 Å². The molecule has 0 saturated heterocycles. The molecule has 0 saturated carbocycles. The molecule has 0 aromatic heterocycles. The number of hydrogen-bond donors (Lipinski definition) is 0. The molecule has 0 aliphatic heterocycles. The zero-order chi connectivity index (χ0) is 11.8. The molecular weight excluding hydrogens is 225 g/mol. The van der Waals surface area contributed by atoms with E-state index in [0.717, 1.165) is 0 Å². The van der Waals surface area contributed by atoms with Crippen molar-refractivity contribution in [3.05, 3.63) is 0 Å². The van der Waals surface area contributed by atoms with Gasteiger partial charge in [0, 0.05) is 0 Å². The molecular formula is C5H3F7O2. The van der Waals surface area contributed by atoms with E-state index in [-0.39, 0.29) is 7.11 Å². The Morgan fingerprint density at radius 2 is 1.21 bits per heavy atom. The number of carbonyl (C=O) groups is 1. The average molecular weight is 228 g/mol. The summed E-state index contributed by atoms with van der Waals surface area (Å²) in [5, 5.41) is 0. The first kappa shape index (κ1) is 13.0. The first-order valence-electron chi connectivity index (χ1n) is 2.89. The van der Waals surface area contributed by atoms with Crippen molar-refractivity contribution in [3.8, 4) is 0 Å². The van der Waals surface area contributed by atoms with E-state index < -0.39 is 24.0 Å². The van der Waals surface area contributed by atoms with Gasteiger partial charge in [-0.1, -0.05) is 0 Å². The van der Waals surface area contributed by atoms with Gasteiger partial charge in [0.05, 0.1) is 7.11 Å². The van der Waals surface area contributed by atoms with Crippen molar-refractivity contribution in [3.63, 3.8) is 0 Å². The van der Waals surface area contributed by atoms with Crippen LogP contribution in [-0.2, 0) is 9.53 Å². The molecule has 0 bridgehead atoms. The third kappa shape index (κ3) is 1.75. The molecule has 0 aliphatic rings. The van der Waals surface area contributed by atoms with Crippen molar-refractivity contribution >= 4 is 5.97 Å². The van der Waals surface area contributed by atoms with Gasteiger partial charge in [-0.15, -0.1) is 0 Å². The highest BCUT2D eigenvalue weighted by Crippen LogP contribution is 2.46. The number of alkyl halides is 7. The first-order chi connectivity index (χ1) is 5.98. The van der Waals surface area contributed by atoms with Gasteiger partial charge in [-0.3, -0.25) is 0 Å². The van der Waals surface area contributed by atoms with Gasteiger partial charge in [-0.25, -0.2) is 9.18 Å². The number of methoxy groups -OCH3 is 1. The van der Waals surface area contributed by atoms with E-state index in [0.29, 0.717) is 0 Å². The molecule has 0 aromatic carbocycles. The predicted octanol–water partition coefficient (Wildman–Crippen LogP) is 1.99. The molecule has 0 radical (unpaired) electrons. The Morgan fingerprint density at radius 3 is 1.29 bits per heavy atom. The highest BCUT2D eigenvalue weighted by atomic mass is 19.4. The van der Waals surface area contributed by atoms with Gasteiger partial charge in [0.25, 0.3) is 0 Å². The highest BCUT2D eigenvalue weighted by molar-refractivity contribution is 5.81. The molecule has 0 amide bonds. The first-order valence-corrected chi connectivity index (χ1v) is 2.89. The minimum atomic E-state index is -6.40. The summed E-state index contributed by atoms with van der Waals surface area (Å²) in [5.41, 5.74) is -5.98. The summed E-state index contributed by atoms with van der Waals surface area (Å²) in [6, 6.07) is 0. The Bertz CT molecular complexity index is 213. The third-order valence-corrected chi connectivity index (χ3v) is 1.25. The molecule has 0 fully saturated rings. The van der Waals surface area contributed by atoms with Gasteiger partial charge in [-0.2, -0.15) is 26.3 Å². The second kappa shape index (κ2) is 3.28. The van der Waals surface area contributed by atoms with Crippen LogP contribution in [0.3, 0.4) is 0 Å².